The SMILES string of the molecule is O=C(NC1CCN(CCN2CCOC2=O)CC1)c1ccccc1. The van der Waals surface area contributed by atoms with Gasteiger partial charge in [-0.15, -0.1) is 0 Å². The highest BCUT2D eigenvalue weighted by Gasteiger charge is 2.24. The number of carbonyl (C=O) groups is 2. The molecule has 1 aromatic rings. The topological polar surface area (TPSA) is 61.9 Å². The largest absolute Gasteiger partial charge is 0.448 e. The summed E-state index contributed by atoms with van der Waals surface area (Å²) in [5.74, 6) is 0.00358. The molecule has 2 saturated heterocycles. The minimum absolute atomic E-state index is 0.00358. The molecule has 2 aliphatic rings. The fourth-order valence-corrected chi connectivity index (χ4v) is 3.05. The number of cyclic esters (lactones) is 1. The Labute approximate surface area is 136 Å². The maximum absolute atomic E-state index is 12.1. The van der Waals surface area contributed by atoms with Gasteiger partial charge in [0.25, 0.3) is 5.91 Å². The smallest absolute Gasteiger partial charge is 0.409 e. The van der Waals surface area contributed by atoms with E-state index in [1.807, 2.05) is 30.3 Å². The quantitative estimate of drug-likeness (QED) is 0.890. The summed E-state index contributed by atoms with van der Waals surface area (Å²) < 4.78 is 4.93. The van der Waals surface area contributed by atoms with E-state index in [1.54, 1.807) is 4.90 Å². The Morgan fingerprint density at radius 2 is 1.87 bits per heavy atom. The van der Waals surface area contributed by atoms with Gasteiger partial charge in [0.2, 0.25) is 0 Å². The molecule has 6 nitrogen and oxygen atoms in total. The van der Waals surface area contributed by atoms with Crippen molar-refractivity contribution in [2.75, 3.05) is 39.3 Å². The van der Waals surface area contributed by atoms with Gasteiger partial charge < -0.3 is 19.9 Å². The molecular weight excluding hydrogens is 294 g/mol. The number of hydrogen-bond acceptors (Lipinski definition) is 4. The molecule has 1 N–H and O–H groups in total. The van der Waals surface area contributed by atoms with Crippen LogP contribution in [0.5, 0.6) is 0 Å². The van der Waals surface area contributed by atoms with E-state index in [0.717, 1.165) is 39.0 Å². The number of benzene rings is 1. The standard InChI is InChI=1S/C17H23N3O3/c21-16(14-4-2-1-3-5-14)18-15-6-8-19(9-7-15)10-11-20-12-13-23-17(20)22/h1-5,15H,6-13H2,(H,18,21). The van der Waals surface area contributed by atoms with Gasteiger partial charge in [0.15, 0.2) is 0 Å². The zero-order chi connectivity index (χ0) is 16.1. The second-order valence-electron chi connectivity index (χ2n) is 6.06. The predicted molar refractivity (Wildman–Crippen MR) is 86.3 cm³/mol. The minimum Gasteiger partial charge on any atom is -0.448 e. The molecule has 2 fully saturated rings. The van der Waals surface area contributed by atoms with E-state index in [4.69, 9.17) is 4.74 Å². The number of amides is 2. The molecular formula is C17H23N3O3. The summed E-state index contributed by atoms with van der Waals surface area (Å²) in [5.41, 5.74) is 0.711. The summed E-state index contributed by atoms with van der Waals surface area (Å²) in [6, 6.07) is 9.56. The first kappa shape index (κ1) is 15.8. The molecule has 0 aromatic heterocycles. The zero-order valence-corrected chi connectivity index (χ0v) is 13.2. The van der Waals surface area contributed by atoms with Gasteiger partial charge in [-0.1, -0.05) is 18.2 Å². The van der Waals surface area contributed by atoms with E-state index in [2.05, 4.69) is 10.2 Å². The Morgan fingerprint density at radius 1 is 1.13 bits per heavy atom. The van der Waals surface area contributed by atoms with Crippen LogP contribution in [0.3, 0.4) is 0 Å². The van der Waals surface area contributed by atoms with Crippen LogP contribution in [0.4, 0.5) is 4.79 Å². The van der Waals surface area contributed by atoms with Crippen molar-refractivity contribution in [2.24, 2.45) is 0 Å². The van der Waals surface area contributed by atoms with Crippen LogP contribution >= 0.6 is 0 Å². The molecule has 3 rings (SSSR count). The van der Waals surface area contributed by atoms with Gasteiger partial charge in [-0.3, -0.25) is 4.79 Å². The van der Waals surface area contributed by atoms with Crippen LogP contribution in [0.25, 0.3) is 0 Å². The maximum Gasteiger partial charge on any atom is 0.409 e. The Kier molecular flexibility index (Phi) is 5.12. The number of rotatable bonds is 5. The summed E-state index contributed by atoms with van der Waals surface area (Å²) in [6.07, 6.45) is 1.70. The molecule has 0 unspecified atom stereocenters. The molecule has 0 bridgehead atoms. The molecule has 2 amide bonds. The molecule has 2 heterocycles. The highest BCUT2D eigenvalue weighted by Crippen LogP contribution is 2.12. The van der Waals surface area contributed by atoms with E-state index in [-0.39, 0.29) is 18.0 Å². The van der Waals surface area contributed by atoms with E-state index < -0.39 is 0 Å². The summed E-state index contributed by atoms with van der Waals surface area (Å²) in [7, 11) is 0. The van der Waals surface area contributed by atoms with Crippen LogP contribution < -0.4 is 5.32 Å². The van der Waals surface area contributed by atoms with Crippen LogP contribution in [0.15, 0.2) is 30.3 Å². The summed E-state index contributed by atoms with van der Waals surface area (Å²) >= 11 is 0. The summed E-state index contributed by atoms with van der Waals surface area (Å²) in [4.78, 5) is 27.6. The second-order valence-corrected chi connectivity index (χ2v) is 6.06. The lowest BCUT2D eigenvalue weighted by Crippen LogP contribution is -2.46. The molecule has 0 radical (unpaired) electrons. The predicted octanol–water partition coefficient (Wildman–Crippen LogP) is 1.33. The van der Waals surface area contributed by atoms with E-state index >= 15 is 0 Å². The number of hydrogen-bond donors (Lipinski definition) is 1. The number of likely N-dealkylation sites (tertiary alicyclic amines) is 1. The third kappa shape index (κ3) is 4.22. The maximum atomic E-state index is 12.1. The summed E-state index contributed by atoms with van der Waals surface area (Å²) in [6.45, 7) is 4.69. The van der Waals surface area contributed by atoms with Gasteiger partial charge >= 0.3 is 6.09 Å². The molecule has 23 heavy (non-hydrogen) atoms. The first-order valence-electron chi connectivity index (χ1n) is 8.22. The number of carbonyl (C=O) groups excluding carboxylic acids is 2. The van der Waals surface area contributed by atoms with Crippen molar-refractivity contribution < 1.29 is 14.3 Å². The number of nitrogens with zero attached hydrogens (tertiary/aromatic N) is 2. The van der Waals surface area contributed by atoms with E-state index in [0.29, 0.717) is 18.7 Å². The van der Waals surface area contributed by atoms with Gasteiger partial charge in [-0.05, 0) is 25.0 Å². The lowest BCUT2D eigenvalue weighted by molar-refractivity contribution is 0.0907. The third-order valence-corrected chi connectivity index (χ3v) is 4.49. The Balaban J connectivity index is 1.38. The third-order valence-electron chi connectivity index (χ3n) is 4.49. The van der Waals surface area contributed by atoms with Crippen molar-refractivity contribution in [3.63, 3.8) is 0 Å². The molecule has 0 atom stereocenters. The molecule has 0 spiro atoms. The van der Waals surface area contributed by atoms with Gasteiger partial charge in [0.1, 0.15) is 6.61 Å². The molecule has 0 aliphatic carbocycles. The Morgan fingerprint density at radius 3 is 2.52 bits per heavy atom. The number of piperidine rings is 1. The van der Waals surface area contributed by atoms with Crippen LogP contribution in [0, 0.1) is 0 Å². The Bertz CT molecular complexity index is 541. The lowest BCUT2D eigenvalue weighted by Gasteiger charge is -2.33. The molecule has 0 saturated carbocycles. The van der Waals surface area contributed by atoms with Crippen LogP contribution in [-0.2, 0) is 4.74 Å². The second kappa shape index (κ2) is 7.46. The molecule has 6 heteroatoms. The molecule has 1 aromatic carbocycles. The normalized spacial score (nSPS) is 19.7. The highest BCUT2D eigenvalue weighted by molar-refractivity contribution is 5.94. The summed E-state index contributed by atoms with van der Waals surface area (Å²) in [5, 5.41) is 3.11. The first-order chi connectivity index (χ1) is 11.2. The monoisotopic (exact) mass is 317 g/mol. The minimum atomic E-state index is -0.199. The molecule has 124 valence electrons. The van der Waals surface area contributed by atoms with Crippen LogP contribution in [0.1, 0.15) is 23.2 Å². The average Bonchev–Trinajstić information content (AvgIpc) is 3.00. The van der Waals surface area contributed by atoms with Crippen molar-refractivity contribution in [1.82, 2.24) is 15.1 Å². The van der Waals surface area contributed by atoms with Crippen molar-refractivity contribution in [3.05, 3.63) is 35.9 Å². The highest BCUT2D eigenvalue weighted by atomic mass is 16.6. The zero-order valence-electron chi connectivity index (χ0n) is 13.2. The number of ether oxygens (including phenoxy) is 1. The fraction of sp³-hybridized carbons (Fsp3) is 0.529. The van der Waals surface area contributed by atoms with Crippen molar-refractivity contribution in [3.8, 4) is 0 Å². The van der Waals surface area contributed by atoms with Gasteiger partial charge in [-0.2, -0.15) is 0 Å². The van der Waals surface area contributed by atoms with Gasteiger partial charge in [0, 0.05) is 37.8 Å². The van der Waals surface area contributed by atoms with Crippen molar-refractivity contribution >= 4 is 12.0 Å². The molecule has 2 aliphatic heterocycles. The van der Waals surface area contributed by atoms with Gasteiger partial charge in [0.05, 0.1) is 6.54 Å². The van der Waals surface area contributed by atoms with Gasteiger partial charge in [-0.25, -0.2) is 4.79 Å². The van der Waals surface area contributed by atoms with Crippen LogP contribution in [-0.4, -0.2) is 67.2 Å². The van der Waals surface area contributed by atoms with E-state index in [1.165, 1.54) is 0 Å². The Hall–Kier alpha value is -2.08. The fourth-order valence-electron chi connectivity index (χ4n) is 3.05. The van der Waals surface area contributed by atoms with E-state index in [9.17, 15) is 9.59 Å². The van der Waals surface area contributed by atoms with Crippen molar-refractivity contribution in [1.29, 1.82) is 0 Å². The first-order valence-corrected chi connectivity index (χ1v) is 8.22. The van der Waals surface area contributed by atoms with Crippen molar-refractivity contribution in [2.45, 2.75) is 18.9 Å². The lowest BCUT2D eigenvalue weighted by atomic mass is 10.0. The average molecular weight is 317 g/mol. The van der Waals surface area contributed by atoms with Crippen LogP contribution in [0.2, 0.25) is 0 Å². The number of nitrogens with one attached hydrogen (secondary N) is 1.